The molecule has 4 N–H and O–H groups in total. The zero-order chi connectivity index (χ0) is 12.2. The molecule has 0 atom stereocenters. The lowest BCUT2D eigenvalue weighted by Gasteiger charge is -2.11. The van der Waals surface area contributed by atoms with Crippen LogP contribution in [0.25, 0.3) is 0 Å². The summed E-state index contributed by atoms with van der Waals surface area (Å²) in [4.78, 5) is 0. The Morgan fingerprint density at radius 2 is 2.12 bits per heavy atom. The number of benzene rings is 1. The molecule has 16 heavy (non-hydrogen) atoms. The van der Waals surface area contributed by atoms with Crippen molar-refractivity contribution in [3.8, 4) is 0 Å². The van der Waals surface area contributed by atoms with Gasteiger partial charge in [0.05, 0.1) is 5.69 Å². The fourth-order valence-corrected chi connectivity index (χ4v) is 2.57. The van der Waals surface area contributed by atoms with Gasteiger partial charge in [-0.25, -0.2) is 0 Å². The molecule has 0 aliphatic rings. The molecule has 0 aromatic heterocycles. The Hall–Kier alpha value is -0.630. The van der Waals surface area contributed by atoms with Crippen LogP contribution in [-0.4, -0.2) is 21.5 Å². The molecule has 0 aliphatic carbocycles. The molecular formula is C9H14BrN3O2S. The fourth-order valence-electron chi connectivity index (χ4n) is 1.12. The van der Waals surface area contributed by atoms with Gasteiger partial charge in [0, 0.05) is 17.6 Å². The van der Waals surface area contributed by atoms with Crippen molar-refractivity contribution in [2.45, 2.75) is 6.92 Å². The molecule has 0 unspecified atom stereocenters. The van der Waals surface area contributed by atoms with Crippen molar-refractivity contribution in [2.75, 3.05) is 17.8 Å². The van der Waals surface area contributed by atoms with Crippen LogP contribution in [0.2, 0.25) is 0 Å². The van der Waals surface area contributed by atoms with E-state index in [9.17, 15) is 8.42 Å². The quantitative estimate of drug-likeness (QED) is 0.757. The van der Waals surface area contributed by atoms with E-state index in [0.717, 1.165) is 10.0 Å². The Balaban J connectivity index is 2.80. The first-order valence-corrected chi connectivity index (χ1v) is 6.96. The zero-order valence-electron chi connectivity index (χ0n) is 8.83. The number of rotatable bonds is 5. The second-order valence-corrected chi connectivity index (χ2v) is 5.66. The zero-order valence-corrected chi connectivity index (χ0v) is 11.2. The van der Waals surface area contributed by atoms with Crippen LogP contribution in [0.1, 0.15) is 5.56 Å². The number of aryl methyl sites for hydroxylation is 1. The van der Waals surface area contributed by atoms with E-state index >= 15 is 0 Å². The van der Waals surface area contributed by atoms with Crippen molar-refractivity contribution in [3.05, 3.63) is 28.2 Å². The Labute approximate surface area is 104 Å². The van der Waals surface area contributed by atoms with E-state index in [4.69, 9.17) is 5.73 Å². The van der Waals surface area contributed by atoms with Crippen molar-refractivity contribution in [3.63, 3.8) is 0 Å². The standard InChI is InChI=1S/C9H14BrN3O2S/c1-7-6-8(10)2-3-9(7)13-16(14,15)12-5-4-11/h2-3,6,12-13H,4-5,11H2,1H3. The molecular weight excluding hydrogens is 294 g/mol. The average Bonchev–Trinajstić information content (AvgIpc) is 2.19. The van der Waals surface area contributed by atoms with E-state index < -0.39 is 10.2 Å². The highest BCUT2D eigenvalue weighted by molar-refractivity contribution is 9.10. The Morgan fingerprint density at radius 1 is 1.44 bits per heavy atom. The summed E-state index contributed by atoms with van der Waals surface area (Å²) < 4.78 is 28.7. The molecule has 0 fully saturated rings. The van der Waals surface area contributed by atoms with Gasteiger partial charge in [0.15, 0.2) is 0 Å². The summed E-state index contributed by atoms with van der Waals surface area (Å²) in [6.45, 7) is 2.30. The molecule has 0 saturated carbocycles. The summed E-state index contributed by atoms with van der Waals surface area (Å²) in [5.74, 6) is 0. The maximum Gasteiger partial charge on any atom is 0.299 e. The van der Waals surface area contributed by atoms with E-state index in [1.165, 1.54) is 0 Å². The summed E-state index contributed by atoms with van der Waals surface area (Å²) in [5, 5.41) is 0. The first-order chi connectivity index (χ1) is 7.44. The third-order valence-corrected chi connectivity index (χ3v) is 3.44. The molecule has 90 valence electrons. The van der Waals surface area contributed by atoms with Crippen molar-refractivity contribution < 1.29 is 8.42 Å². The summed E-state index contributed by atoms with van der Waals surface area (Å²) in [6, 6.07) is 5.30. The number of nitrogens with one attached hydrogen (secondary N) is 2. The van der Waals surface area contributed by atoms with Gasteiger partial charge in [-0.2, -0.15) is 13.1 Å². The first-order valence-electron chi connectivity index (χ1n) is 4.68. The van der Waals surface area contributed by atoms with Gasteiger partial charge in [0.2, 0.25) is 0 Å². The molecule has 1 rings (SSSR count). The van der Waals surface area contributed by atoms with Crippen molar-refractivity contribution in [2.24, 2.45) is 5.73 Å². The fraction of sp³-hybridized carbons (Fsp3) is 0.333. The molecule has 0 radical (unpaired) electrons. The summed E-state index contributed by atoms with van der Waals surface area (Å²) in [5.41, 5.74) is 6.61. The van der Waals surface area contributed by atoms with Crippen molar-refractivity contribution in [1.82, 2.24) is 4.72 Å². The van der Waals surface area contributed by atoms with Gasteiger partial charge in [-0.1, -0.05) is 15.9 Å². The van der Waals surface area contributed by atoms with Gasteiger partial charge in [-0.15, -0.1) is 0 Å². The van der Waals surface area contributed by atoms with Gasteiger partial charge in [0.1, 0.15) is 0 Å². The van der Waals surface area contributed by atoms with Crippen molar-refractivity contribution in [1.29, 1.82) is 0 Å². The number of hydrogen-bond donors (Lipinski definition) is 3. The molecule has 5 nitrogen and oxygen atoms in total. The predicted molar refractivity (Wildman–Crippen MR) is 68.5 cm³/mol. The molecule has 0 aliphatic heterocycles. The van der Waals surface area contributed by atoms with Crippen LogP contribution in [0.5, 0.6) is 0 Å². The van der Waals surface area contributed by atoms with Crippen LogP contribution < -0.4 is 15.2 Å². The van der Waals surface area contributed by atoms with Gasteiger partial charge < -0.3 is 5.73 Å². The number of nitrogens with two attached hydrogens (primary N) is 1. The normalized spacial score (nSPS) is 11.4. The smallest absolute Gasteiger partial charge is 0.299 e. The summed E-state index contributed by atoms with van der Waals surface area (Å²) >= 11 is 3.31. The minimum Gasteiger partial charge on any atom is -0.329 e. The van der Waals surface area contributed by atoms with E-state index in [0.29, 0.717) is 5.69 Å². The number of halogens is 1. The van der Waals surface area contributed by atoms with Crippen molar-refractivity contribution >= 4 is 31.8 Å². The highest BCUT2D eigenvalue weighted by Gasteiger charge is 2.09. The van der Waals surface area contributed by atoms with Gasteiger partial charge >= 0.3 is 0 Å². The maximum absolute atomic E-state index is 11.5. The first kappa shape index (κ1) is 13.4. The molecule has 1 aromatic rings. The highest BCUT2D eigenvalue weighted by atomic mass is 79.9. The molecule has 0 heterocycles. The van der Waals surface area contributed by atoms with Crippen LogP contribution in [0.3, 0.4) is 0 Å². The number of anilines is 1. The van der Waals surface area contributed by atoms with Gasteiger partial charge in [-0.3, -0.25) is 4.72 Å². The summed E-state index contributed by atoms with van der Waals surface area (Å²) in [6.07, 6.45) is 0. The molecule has 0 saturated heterocycles. The van der Waals surface area contributed by atoms with Crippen LogP contribution in [0.4, 0.5) is 5.69 Å². The minimum atomic E-state index is -3.53. The third kappa shape index (κ3) is 4.09. The van der Waals surface area contributed by atoms with Gasteiger partial charge in [0.25, 0.3) is 10.2 Å². The third-order valence-electron chi connectivity index (χ3n) is 1.87. The van der Waals surface area contributed by atoms with E-state index in [1.54, 1.807) is 12.1 Å². The number of hydrogen-bond acceptors (Lipinski definition) is 3. The Morgan fingerprint density at radius 3 is 2.69 bits per heavy atom. The minimum absolute atomic E-state index is 0.213. The highest BCUT2D eigenvalue weighted by Crippen LogP contribution is 2.20. The second kappa shape index (κ2) is 5.62. The molecule has 7 heteroatoms. The topological polar surface area (TPSA) is 84.2 Å². The Kier molecular flexibility index (Phi) is 4.72. The van der Waals surface area contributed by atoms with Crippen LogP contribution in [-0.2, 0) is 10.2 Å². The molecule has 0 bridgehead atoms. The maximum atomic E-state index is 11.5. The SMILES string of the molecule is Cc1cc(Br)ccc1NS(=O)(=O)NCCN. The monoisotopic (exact) mass is 307 g/mol. The molecule has 1 aromatic carbocycles. The second-order valence-electron chi connectivity index (χ2n) is 3.25. The molecule has 0 amide bonds. The van der Waals surface area contributed by atoms with Crippen LogP contribution in [0, 0.1) is 6.92 Å². The lowest BCUT2D eigenvalue weighted by molar-refractivity contribution is 0.587. The van der Waals surface area contributed by atoms with Crippen LogP contribution >= 0.6 is 15.9 Å². The average molecular weight is 308 g/mol. The molecule has 0 spiro atoms. The predicted octanol–water partition coefficient (Wildman–Crippen LogP) is 0.963. The van der Waals surface area contributed by atoms with Crippen LogP contribution in [0.15, 0.2) is 22.7 Å². The largest absolute Gasteiger partial charge is 0.329 e. The van der Waals surface area contributed by atoms with E-state index in [2.05, 4.69) is 25.4 Å². The Bertz CT molecular complexity index is 462. The van der Waals surface area contributed by atoms with Gasteiger partial charge in [-0.05, 0) is 30.7 Å². The lowest BCUT2D eigenvalue weighted by atomic mass is 10.2. The lowest BCUT2D eigenvalue weighted by Crippen LogP contribution is -2.34. The summed E-state index contributed by atoms with van der Waals surface area (Å²) in [7, 11) is -3.53. The van der Waals surface area contributed by atoms with E-state index in [-0.39, 0.29) is 13.1 Å². The van der Waals surface area contributed by atoms with E-state index in [1.807, 2.05) is 13.0 Å².